The summed E-state index contributed by atoms with van der Waals surface area (Å²) in [4.78, 5) is -0.0481. The lowest BCUT2D eigenvalue weighted by Gasteiger charge is -2.40. The van der Waals surface area contributed by atoms with Gasteiger partial charge in [-0.25, -0.2) is 13.1 Å². The van der Waals surface area contributed by atoms with Crippen LogP contribution >= 0.6 is 0 Å². The van der Waals surface area contributed by atoms with Crippen LogP contribution in [0.3, 0.4) is 0 Å². The van der Waals surface area contributed by atoms with Crippen LogP contribution in [-0.2, 0) is 21.2 Å². The summed E-state index contributed by atoms with van der Waals surface area (Å²) < 4.78 is 32.0. The average molecular weight is 373 g/mol. The molecule has 5 N–H and O–H groups in total. The lowest BCUT2D eigenvalue weighted by Crippen LogP contribution is -2.64. The van der Waals surface area contributed by atoms with Gasteiger partial charge >= 0.3 is 0 Å². The van der Waals surface area contributed by atoms with E-state index in [1.807, 2.05) is 0 Å². The lowest BCUT2D eigenvalue weighted by molar-refractivity contribution is -0.251. The standard InChI is InChI=1S/C16H23NO7S/c1-2-3-4-10-5-7-11(8-6-10)25(22,23)17-13-15(20)14(19)12(9-18)24-16(13)21/h2,5-8,12-21H,1,3-4,9H2. The molecule has 1 heterocycles. The zero-order valence-electron chi connectivity index (χ0n) is 13.5. The fourth-order valence-corrected chi connectivity index (χ4v) is 3.82. The Morgan fingerprint density at radius 3 is 2.36 bits per heavy atom. The van der Waals surface area contributed by atoms with E-state index in [0.717, 1.165) is 18.4 Å². The van der Waals surface area contributed by atoms with Crippen LogP contribution in [0.1, 0.15) is 12.0 Å². The molecule has 2 rings (SSSR count). The van der Waals surface area contributed by atoms with Crippen molar-refractivity contribution in [1.82, 2.24) is 4.72 Å². The van der Waals surface area contributed by atoms with Crippen LogP contribution in [0.25, 0.3) is 0 Å². The fourth-order valence-electron chi connectivity index (χ4n) is 2.58. The Bertz CT molecular complexity index is 676. The second-order valence-corrected chi connectivity index (χ2v) is 7.56. The van der Waals surface area contributed by atoms with E-state index < -0.39 is 47.3 Å². The maximum Gasteiger partial charge on any atom is 0.241 e. The molecule has 0 radical (unpaired) electrons. The Labute approximate surface area is 146 Å². The predicted octanol–water partition coefficient (Wildman–Crippen LogP) is -1.12. The molecule has 9 heteroatoms. The molecule has 1 saturated heterocycles. The molecule has 1 aliphatic heterocycles. The van der Waals surface area contributed by atoms with E-state index in [9.17, 15) is 23.7 Å². The van der Waals surface area contributed by atoms with Crippen molar-refractivity contribution in [3.05, 3.63) is 42.5 Å². The predicted molar refractivity (Wildman–Crippen MR) is 89.0 cm³/mol. The molecule has 1 fully saturated rings. The topological polar surface area (TPSA) is 136 Å². The van der Waals surface area contributed by atoms with Crippen molar-refractivity contribution >= 4 is 10.0 Å². The Hall–Kier alpha value is -1.33. The number of benzene rings is 1. The van der Waals surface area contributed by atoms with Crippen LogP contribution in [0.4, 0.5) is 0 Å². The molecule has 1 aliphatic rings. The zero-order valence-corrected chi connectivity index (χ0v) is 14.3. The minimum absolute atomic E-state index is 0.0481. The van der Waals surface area contributed by atoms with E-state index in [0.29, 0.717) is 0 Å². The first-order valence-electron chi connectivity index (χ1n) is 7.83. The molecular formula is C16H23NO7S. The van der Waals surface area contributed by atoms with Crippen LogP contribution in [0, 0.1) is 0 Å². The Balaban J connectivity index is 2.13. The molecule has 8 nitrogen and oxygen atoms in total. The van der Waals surface area contributed by atoms with Gasteiger partial charge in [0.15, 0.2) is 6.29 Å². The van der Waals surface area contributed by atoms with Crippen LogP contribution in [0.2, 0.25) is 0 Å². The summed E-state index contributed by atoms with van der Waals surface area (Å²) in [6, 6.07) is 4.69. The summed E-state index contributed by atoms with van der Waals surface area (Å²) in [6.07, 6.45) is -2.81. The molecule has 1 aromatic carbocycles. The van der Waals surface area contributed by atoms with Crippen molar-refractivity contribution in [2.75, 3.05) is 6.61 Å². The SMILES string of the molecule is C=CCCc1ccc(S(=O)(=O)NC2C(O)OC(CO)C(O)C2O)cc1. The molecule has 0 saturated carbocycles. The molecule has 0 amide bonds. The van der Waals surface area contributed by atoms with Gasteiger partial charge in [-0.3, -0.25) is 0 Å². The van der Waals surface area contributed by atoms with Crippen LogP contribution in [-0.4, -0.2) is 66.1 Å². The first-order chi connectivity index (χ1) is 11.8. The van der Waals surface area contributed by atoms with Gasteiger partial charge in [0, 0.05) is 0 Å². The number of hydrogen-bond donors (Lipinski definition) is 5. The number of aliphatic hydroxyl groups is 4. The summed E-state index contributed by atoms with van der Waals surface area (Å²) in [6.45, 7) is 3.00. The number of ether oxygens (including phenoxy) is 1. The van der Waals surface area contributed by atoms with Gasteiger partial charge in [0.05, 0.1) is 11.5 Å². The average Bonchev–Trinajstić information content (AvgIpc) is 2.60. The first kappa shape index (κ1) is 20.0. The van der Waals surface area contributed by atoms with Gasteiger partial charge < -0.3 is 25.2 Å². The molecular weight excluding hydrogens is 350 g/mol. The van der Waals surface area contributed by atoms with Gasteiger partial charge in [-0.2, -0.15) is 0 Å². The molecule has 5 unspecified atom stereocenters. The molecule has 0 aliphatic carbocycles. The number of aliphatic hydroxyl groups excluding tert-OH is 4. The van der Waals surface area contributed by atoms with Crippen molar-refractivity contribution < 1.29 is 33.6 Å². The lowest BCUT2D eigenvalue weighted by atomic mass is 9.98. The van der Waals surface area contributed by atoms with Crippen molar-refractivity contribution in [3.63, 3.8) is 0 Å². The van der Waals surface area contributed by atoms with Gasteiger partial charge in [0.25, 0.3) is 0 Å². The molecule has 0 bridgehead atoms. The van der Waals surface area contributed by atoms with E-state index in [4.69, 9.17) is 9.84 Å². The summed E-state index contributed by atoms with van der Waals surface area (Å²) >= 11 is 0. The third-order valence-corrected chi connectivity index (χ3v) is 5.54. The van der Waals surface area contributed by atoms with Crippen molar-refractivity contribution in [2.45, 2.75) is 48.4 Å². The van der Waals surface area contributed by atoms with E-state index in [2.05, 4.69) is 11.3 Å². The van der Waals surface area contributed by atoms with Gasteiger partial charge in [0.2, 0.25) is 10.0 Å². The largest absolute Gasteiger partial charge is 0.394 e. The molecule has 25 heavy (non-hydrogen) atoms. The Kier molecular flexibility index (Phi) is 6.69. The second-order valence-electron chi connectivity index (χ2n) is 5.85. The number of allylic oxidation sites excluding steroid dienone is 1. The number of sulfonamides is 1. The first-order valence-corrected chi connectivity index (χ1v) is 9.31. The Morgan fingerprint density at radius 2 is 1.80 bits per heavy atom. The normalized spacial score (nSPS) is 30.2. The minimum atomic E-state index is -4.05. The molecule has 5 atom stereocenters. The molecule has 1 aromatic rings. The van der Waals surface area contributed by atoms with Crippen molar-refractivity contribution in [1.29, 1.82) is 0 Å². The number of nitrogens with one attached hydrogen (secondary N) is 1. The summed E-state index contributed by atoms with van der Waals surface area (Å²) in [7, 11) is -4.05. The Morgan fingerprint density at radius 1 is 1.16 bits per heavy atom. The summed E-state index contributed by atoms with van der Waals surface area (Å²) in [5, 5.41) is 38.7. The van der Waals surface area contributed by atoms with Gasteiger partial charge in [-0.15, -0.1) is 6.58 Å². The highest BCUT2D eigenvalue weighted by molar-refractivity contribution is 7.89. The monoisotopic (exact) mass is 373 g/mol. The highest BCUT2D eigenvalue weighted by Gasteiger charge is 2.45. The van der Waals surface area contributed by atoms with E-state index >= 15 is 0 Å². The van der Waals surface area contributed by atoms with Crippen molar-refractivity contribution in [2.24, 2.45) is 0 Å². The number of rotatable bonds is 7. The third kappa shape index (κ3) is 4.64. The summed E-state index contributed by atoms with van der Waals surface area (Å²) in [5.74, 6) is 0. The smallest absolute Gasteiger partial charge is 0.241 e. The van der Waals surface area contributed by atoms with E-state index in [1.54, 1.807) is 18.2 Å². The third-order valence-electron chi connectivity index (χ3n) is 4.06. The van der Waals surface area contributed by atoms with Crippen LogP contribution in [0.15, 0.2) is 41.8 Å². The second kappa shape index (κ2) is 8.37. The van der Waals surface area contributed by atoms with Crippen LogP contribution in [0.5, 0.6) is 0 Å². The maximum absolute atomic E-state index is 12.4. The quantitative estimate of drug-likeness (QED) is 0.382. The molecule has 0 aromatic heterocycles. The van der Waals surface area contributed by atoms with E-state index in [1.165, 1.54) is 12.1 Å². The summed E-state index contributed by atoms with van der Waals surface area (Å²) in [5.41, 5.74) is 0.945. The van der Waals surface area contributed by atoms with Crippen molar-refractivity contribution in [3.8, 4) is 0 Å². The zero-order chi connectivity index (χ0) is 18.6. The fraction of sp³-hybridized carbons (Fsp3) is 0.500. The van der Waals surface area contributed by atoms with Gasteiger partial charge in [-0.1, -0.05) is 18.2 Å². The highest BCUT2D eigenvalue weighted by atomic mass is 32.2. The van der Waals surface area contributed by atoms with E-state index in [-0.39, 0.29) is 4.90 Å². The number of aryl methyl sites for hydroxylation is 1. The molecule has 140 valence electrons. The number of hydrogen-bond acceptors (Lipinski definition) is 7. The molecule has 0 spiro atoms. The van der Waals surface area contributed by atoms with Gasteiger partial charge in [-0.05, 0) is 30.5 Å². The minimum Gasteiger partial charge on any atom is -0.394 e. The van der Waals surface area contributed by atoms with Gasteiger partial charge in [0.1, 0.15) is 24.4 Å². The van der Waals surface area contributed by atoms with Crippen LogP contribution < -0.4 is 4.72 Å². The highest BCUT2D eigenvalue weighted by Crippen LogP contribution is 2.22. The maximum atomic E-state index is 12.4.